The lowest BCUT2D eigenvalue weighted by Crippen LogP contribution is -2.35. The second kappa shape index (κ2) is 11.7. The van der Waals surface area contributed by atoms with E-state index in [-0.39, 0.29) is 24.8 Å². The molecule has 1 aliphatic rings. The highest BCUT2D eigenvalue weighted by Crippen LogP contribution is 2.21. The van der Waals surface area contributed by atoms with Crippen LogP contribution in [0.2, 0.25) is 5.02 Å². The van der Waals surface area contributed by atoms with Crippen molar-refractivity contribution in [2.75, 3.05) is 39.9 Å². The van der Waals surface area contributed by atoms with Crippen LogP contribution in [-0.2, 0) is 9.53 Å². The molecule has 1 aliphatic heterocycles. The number of rotatable bonds is 10. The van der Waals surface area contributed by atoms with Crippen molar-refractivity contribution in [2.24, 2.45) is 0 Å². The van der Waals surface area contributed by atoms with Crippen molar-refractivity contribution in [1.29, 1.82) is 0 Å². The molecule has 1 heterocycles. The molecule has 0 radical (unpaired) electrons. The number of carbonyl (C=O) groups excluding carboxylic acids is 2. The molecule has 172 valence electrons. The van der Waals surface area contributed by atoms with E-state index < -0.39 is 18.0 Å². The first kappa shape index (κ1) is 23.8. The first-order valence-electron chi connectivity index (χ1n) is 10.3. The fourth-order valence-corrected chi connectivity index (χ4v) is 3.53. The summed E-state index contributed by atoms with van der Waals surface area (Å²) in [6, 6.07) is 13.9. The van der Waals surface area contributed by atoms with Gasteiger partial charge in [0.25, 0.3) is 5.91 Å². The number of carbonyl (C=O) groups is 2. The van der Waals surface area contributed by atoms with E-state index in [4.69, 9.17) is 21.1 Å². The smallest absolute Gasteiger partial charge is 0.325 e. The van der Waals surface area contributed by atoms with Gasteiger partial charge in [0.15, 0.2) is 0 Å². The Morgan fingerprint density at radius 3 is 2.72 bits per heavy atom. The molecule has 2 atom stereocenters. The number of methoxy groups -OCH3 is 1. The predicted octanol–water partition coefficient (Wildman–Crippen LogP) is 2.14. The van der Waals surface area contributed by atoms with E-state index in [0.29, 0.717) is 23.9 Å². The number of ether oxygens (including phenoxy) is 3. The molecular weight excluding hydrogens is 436 g/mol. The number of nitrogens with zero attached hydrogens (tertiary/aromatic N) is 1. The van der Waals surface area contributed by atoms with Crippen LogP contribution in [0.4, 0.5) is 0 Å². The highest BCUT2D eigenvalue weighted by molar-refractivity contribution is 6.30. The second-order valence-electron chi connectivity index (χ2n) is 7.46. The Kier molecular flexibility index (Phi) is 8.72. The Labute approximate surface area is 192 Å². The summed E-state index contributed by atoms with van der Waals surface area (Å²) in [4.78, 5) is 25.7. The van der Waals surface area contributed by atoms with Crippen molar-refractivity contribution in [3.63, 3.8) is 0 Å². The van der Waals surface area contributed by atoms with Gasteiger partial charge in [-0.2, -0.15) is 0 Å². The van der Waals surface area contributed by atoms with Crippen molar-refractivity contribution in [2.45, 2.75) is 18.6 Å². The summed E-state index contributed by atoms with van der Waals surface area (Å²) in [5, 5.41) is 13.6. The topological polar surface area (TPSA) is 97.3 Å². The highest BCUT2D eigenvalue weighted by Gasteiger charge is 2.26. The van der Waals surface area contributed by atoms with Crippen LogP contribution in [0.25, 0.3) is 0 Å². The molecule has 1 fully saturated rings. The number of hydrogen-bond donors (Lipinski definition) is 2. The summed E-state index contributed by atoms with van der Waals surface area (Å²) in [7, 11) is 1.25. The van der Waals surface area contributed by atoms with Crippen LogP contribution >= 0.6 is 11.6 Å². The zero-order valence-electron chi connectivity index (χ0n) is 17.8. The molecule has 8 nitrogen and oxygen atoms in total. The Balaban J connectivity index is 1.45. The van der Waals surface area contributed by atoms with Gasteiger partial charge in [0.05, 0.1) is 12.7 Å². The molecule has 2 N–H and O–H groups in total. The van der Waals surface area contributed by atoms with E-state index in [0.717, 1.165) is 18.7 Å². The lowest BCUT2D eigenvalue weighted by molar-refractivity contribution is -0.139. The minimum atomic E-state index is -0.740. The maximum Gasteiger partial charge on any atom is 0.325 e. The van der Waals surface area contributed by atoms with Crippen LogP contribution in [0.5, 0.6) is 11.5 Å². The van der Waals surface area contributed by atoms with Gasteiger partial charge in [-0.05, 0) is 42.8 Å². The molecule has 1 amide bonds. The largest absolute Gasteiger partial charge is 0.490 e. The zero-order valence-corrected chi connectivity index (χ0v) is 18.6. The Bertz CT molecular complexity index is 908. The third kappa shape index (κ3) is 7.12. The number of aliphatic hydroxyl groups excluding tert-OH is 1. The summed E-state index contributed by atoms with van der Waals surface area (Å²) < 4.78 is 16.2. The molecule has 0 aromatic heterocycles. The first-order valence-corrected chi connectivity index (χ1v) is 10.7. The van der Waals surface area contributed by atoms with Crippen LogP contribution in [-0.4, -0.2) is 74.0 Å². The summed E-state index contributed by atoms with van der Waals surface area (Å²) in [5.41, 5.74) is 0.279. The van der Waals surface area contributed by atoms with E-state index in [1.165, 1.54) is 7.11 Å². The molecule has 0 bridgehead atoms. The van der Waals surface area contributed by atoms with Gasteiger partial charge >= 0.3 is 5.97 Å². The van der Waals surface area contributed by atoms with Gasteiger partial charge < -0.3 is 24.6 Å². The van der Waals surface area contributed by atoms with Crippen LogP contribution < -0.4 is 14.8 Å². The number of amides is 1. The van der Waals surface area contributed by atoms with Gasteiger partial charge in [0.2, 0.25) is 0 Å². The summed E-state index contributed by atoms with van der Waals surface area (Å²) >= 11 is 5.90. The van der Waals surface area contributed by atoms with Crippen molar-refractivity contribution in [3.8, 4) is 11.5 Å². The summed E-state index contributed by atoms with van der Waals surface area (Å²) in [5.74, 6) is 0.102. The number of halogens is 1. The maximum atomic E-state index is 12.3. The zero-order chi connectivity index (χ0) is 22.9. The lowest BCUT2D eigenvalue weighted by atomic mass is 10.2. The monoisotopic (exact) mass is 462 g/mol. The fraction of sp³-hybridized carbons (Fsp3) is 0.391. The third-order valence-electron chi connectivity index (χ3n) is 5.00. The van der Waals surface area contributed by atoms with E-state index in [1.807, 2.05) is 12.1 Å². The third-order valence-corrected chi connectivity index (χ3v) is 5.25. The number of β-amino-alcohol motifs (C(OH)–C–C–N with tert-alkyl or cyclic N) is 1. The van der Waals surface area contributed by atoms with Gasteiger partial charge in [-0.25, -0.2) is 0 Å². The highest BCUT2D eigenvalue weighted by atomic mass is 35.5. The number of para-hydroxylation sites is 1. The lowest BCUT2D eigenvalue weighted by Gasteiger charge is -2.21. The van der Waals surface area contributed by atoms with Gasteiger partial charge in [0.1, 0.15) is 36.9 Å². The van der Waals surface area contributed by atoms with Gasteiger partial charge in [0, 0.05) is 24.7 Å². The molecule has 0 aliphatic carbocycles. The minimum absolute atomic E-state index is 0.0283. The molecule has 2 aromatic rings. The van der Waals surface area contributed by atoms with Gasteiger partial charge in [-0.3, -0.25) is 14.5 Å². The summed E-state index contributed by atoms with van der Waals surface area (Å²) in [6.07, 6.45) is 0.165. The summed E-state index contributed by atoms with van der Waals surface area (Å²) in [6.45, 7) is 1.73. The van der Waals surface area contributed by atoms with Crippen LogP contribution in [0.3, 0.4) is 0 Å². The number of aliphatic hydroxyl groups is 1. The maximum absolute atomic E-state index is 12.3. The number of esters is 1. The second-order valence-corrected chi connectivity index (χ2v) is 7.90. The average molecular weight is 463 g/mol. The van der Waals surface area contributed by atoms with E-state index in [9.17, 15) is 14.7 Å². The predicted molar refractivity (Wildman–Crippen MR) is 119 cm³/mol. The molecule has 0 saturated carbocycles. The van der Waals surface area contributed by atoms with Crippen molar-refractivity contribution in [3.05, 3.63) is 59.1 Å². The first-order chi connectivity index (χ1) is 15.4. The van der Waals surface area contributed by atoms with E-state index in [2.05, 4.69) is 15.0 Å². The molecule has 3 rings (SSSR count). The molecule has 9 heteroatoms. The van der Waals surface area contributed by atoms with Crippen molar-refractivity contribution in [1.82, 2.24) is 10.2 Å². The Morgan fingerprint density at radius 2 is 1.97 bits per heavy atom. The van der Waals surface area contributed by atoms with Crippen LogP contribution in [0, 0.1) is 0 Å². The molecule has 1 saturated heterocycles. The molecule has 32 heavy (non-hydrogen) atoms. The normalized spacial score (nSPS) is 16.9. The number of benzene rings is 2. The molecule has 2 unspecified atom stereocenters. The van der Waals surface area contributed by atoms with Crippen LogP contribution in [0.1, 0.15) is 16.8 Å². The van der Waals surface area contributed by atoms with Gasteiger partial charge in [-0.1, -0.05) is 23.7 Å². The van der Waals surface area contributed by atoms with Crippen LogP contribution in [0.15, 0.2) is 48.5 Å². The quantitative estimate of drug-likeness (QED) is 0.522. The SMILES string of the molecule is COC(=O)CNC(=O)c1ccccc1OCC(O)CN1CCC(Oc2ccc(Cl)cc2)C1. The van der Waals surface area contributed by atoms with Gasteiger partial charge in [-0.15, -0.1) is 0 Å². The number of hydrogen-bond acceptors (Lipinski definition) is 7. The number of likely N-dealkylation sites (tertiary alicyclic amines) is 1. The Hall–Kier alpha value is -2.81. The number of nitrogens with one attached hydrogen (secondary N) is 1. The average Bonchev–Trinajstić information content (AvgIpc) is 3.24. The molecule has 0 spiro atoms. The Morgan fingerprint density at radius 1 is 1.22 bits per heavy atom. The standard InChI is InChI=1S/C23H27ClN2O6/c1-30-22(28)12-25-23(29)20-4-2-3-5-21(20)31-15-17(27)13-26-11-10-19(14-26)32-18-8-6-16(24)7-9-18/h2-9,17,19,27H,10-15H2,1H3,(H,25,29). The van der Waals surface area contributed by atoms with Crippen molar-refractivity contribution >= 4 is 23.5 Å². The molecule has 2 aromatic carbocycles. The van der Waals surface area contributed by atoms with E-state index in [1.54, 1.807) is 36.4 Å². The minimum Gasteiger partial charge on any atom is -0.490 e. The van der Waals surface area contributed by atoms with Crippen molar-refractivity contribution < 1.29 is 28.9 Å². The molecular formula is C23H27ClN2O6. The van der Waals surface area contributed by atoms with E-state index >= 15 is 0 Å². The fourth-order valence-electron chi connectivity index (χ4n) is 3.40.